The van der Waals surface area contributed by atoms with Gasteiger partial charge in [0.2, 0.25) is 5.91 Å². The Labute approximate surface area is 147 Å². The molecule has 1 fully saturated rings. The van der Waals surface area contributed by atoms with Gasteiger partial charge in [0.1, 0.15) is 11.5 Å². The molecule has 0 unspecified atom stereocenters. The van der Waals surface area contributed by atoms with Gasteiger partial charge in [-0.25, -0.2) is 0 Å². The zero-order valence-electron chi connectivity index (χ0n) is 14.4. The fraction of sp³-hybridized carbons (Fsp3) is 0.350. The number of nitrogens with one attached hydrogen (secondary N) is 1. The van der Waals surface area contributed by atoms with Gasteiger partial charge in [0, 0.05) is 19.1 Å². The van der Waals surface area contributed by atoms with Crippen molar-refractivity contribution in [2.24, 2.45) is 5.92 Å². The van der Waals surface area contributed by atoms with Gasteiger partial charge in [0.25, 0.3) is 0 Å². The quantitative estimate of drug-likeness (QED) is 0.854. The summed E-state index contributed by atoms with van der Waals surface area (Å²) >= 11 is 0. The number of ether oxygens (including phenoxy) is 3. The molecule has 1 heterocycles. The van der Waals surface area contributed by atoms with E-state index in [0.717, 1.165) is 18.6 Å². The number of amides is 1. The van der Waals surface area contributed by atoms with Crippen LogP contribution >= 0.6 is 0 Å². The van der Waals surface area contributed by atoms with Gasteiger partial charge < -0.3 is 19.5 Å². The van der Waals surface area contributed by atoms with Crippen molar-refractivity contribution >= 4 is 11.6 Å². The molecule has 132 valence electrons. The van der Waals surface area contributed by atoms with Crippen LogP contribution in [-0.4, -0.2) is 25.7 Å². The monoisotopic (exact) mass is 341 g/mol. The molecule has 2 aromatic rings. The van der Waals surface area contributed by atoms with Gasteiger partial charge in [-0.1, -0.05) is 12.1 Å². The van der Waals surface area contributed by atoms with Crippen molar-refractivity contribution in [2.75, 3.05) is 25.1 Å². The molecule has 25 heavy (non-hydrogen) atoms. The smallest absolute Gasteiger partial charge is 0.227 e. The van der Waals surface area contributed by atoms with Crippen molar-refractivity contribution in [3.05, 3.63) is 48.5 Å². The highest BCUT2D eigenvalue weighted by molar-refractivity contribution is 5.94. The standard InChI is InChI=1S/C20H23NO4/c1-2-24-16-7-9-17(10-8-16)25-19-6-4-3-5-18(19)21-20(22)15-11-13-23-14-12-15/h3-10,15H,2,11-14H2,1H3,(H,21,22). The Balaban J connectivity index is 1.68. The van der Waals surface area contributed by atoms with Crippen LogP contribution in [0.3, 0.4) is 0 Å². The fourth-order valence-electron chi connectivity index (χ4n) is 2.75. The highest BCUT2D eigenvalue weighted by Crippen LogP contribution is 2.31. The Morgan fingerprint density at radius 3 is 2.48 bits per heavy atom. The van der Waals surface area contributed by atoms with E-state index in [2.05, 4.69) is 5.32 Å². The largest absolute Gasteiger partial charge is 0.494 e. The van der Waals surface area contributed by atoms with Gasteiger partial charge in [0.05, 0.1) is 12.3 Å². The first kappa shape index (κ1) is 17.3. The van der Waals surface area contributed by atoms with Crippen LogP contribution in [0.15, 0.2) is 48.5 Å². The molecule has 1 N–H and O–H groups in total. The highest BCUT2D eigenvalue weighted by atomic mass is 16.5. The van der Waals surface area contributed by atoms with Crippen molar-refractivity contribution in [1.82, 2.24) is 0 Å². The van der Waals surface area contributed by atoms with Crippen molar-refractivity contribution < 1.29 is 19.0 Å². The predicted molar refractivity (Wildman–Crippen MR) is 96.3 cm³/mol. The number of hydrogen-bond donors (Lipinski definition) is 1. The Morgan fingerprint density at radius 1 is 1.08 bits per heavy atom. The number of rotatable bonds is 6. The third-order valence-corrected chi connectivity index (χ3v) is 4.10. The molecule has 0 saturated carbocycles. The first-order valence-corrected chi connectivity index (χ1v) is 8.64. The van der Waals surface area contributed by atoms with Crippen molar-refractivity contribution in [3.8, 4) is 17.2 Å². The van der Waals surface area contributed by atoms with Crippen molar-refractivity contribution in [1.29, 1.82) is 0 Å². The molecule has 1 aliphatic heterocycles. The summed E-state index contributed by atoms with van der Waals surface area (Å²) < 4.78 is 16.7. The predicted octanol–water partition coefficient (Wildman–Crippen LogP) is 4.24. The van der Waals surface area contributed by atoms with E-state index in [0.29, 0.717) is 37.0 Å². The van der Waals surface area contributed by atoms with Crippen molar-refractivity contribution in [3.63, 3.8) is 0 Å². The second-order valence-electron chi connectivity index (χ2n) is 5.88. The molecule has 0 radical (unpaired) electrons. The van der Waals surface area contributed by atoms with E-state index in [1.54, 1.807) is 0 Å². The second kappa shape index (κ2) is 8.53. The number of carbonyl (C=O) groups is 1. The van der Waals surface area contributed by atoms with E-state index in [9.17, 15) is 4.79 Å². The summed E-state index contributed by atoms with van der Waals surface area (Å²) in [4.78, 5) is 12.4. The van der Waals surface area contributed by atoms with E-state index in [-0.39, 0.29) is 11.8 Å². The Kier molecular flexibility index (Phi) is 5.90. The van der Waals surface area contributed by atoms with E-state index >= 15 is 0 Å². The maximum absolute atomic E-state index is 12.4. The first-order valence-electron chi connectivity index (χ1n) is 8.64. The van der Waals surface area contributed by atoms with E-state index in [1.807, 2.05) is 55.5 Å². The van der Waals surface area contributed by atoms with Crippen LogP contribution < -0.4 is 14.8 Å². The summed E-state index contributed by atoms with van der Waals surface area (Å²) in [6.07, 6.45) is 1.52. The molecule has 0 bridgehead atoms. The van der Waals surface area contributed by atoms with Gasteiger partial charge in [0.15, 0.2) is 5.75 Å². The summed E-state index contributed by atoms with van der Waals surface area (Å²) in [5.74, 6) is 2.12. The maximum Gasteiger partial charge on any atom is 0.227 e. The lowest BCUT2D eigenvalue weighted by Gasteiger charge is -2.22. The van der Waals surface area contributed by atoms with Crippen LogP contribution in [0, 0.1) is 5.92 Å². The third kappa shape index (κ3) is 4.73. The number of anilines is 1. The molecule has 1 amide bonds. The molecule has 2 aromatic carbocycles. The van der Waals surface area contributed by atoms with Gasteiger partial charge in [-0.05, 0) is 56.2 Å². The Bertz CT molecular complexity index is 693. The molecule has 5 heteroatoms. The average Bonchev–Trinajstić information content (AvgIpc) is 2.66. The Morgan fingerprint density at radius 2 is 1.76 bits per heavy atom. The number of benzene rings is 2. The average molecular weight is 341 g/mol. The first-order chi connectivity index (χ1) is 12.3. The SMILES string of the molecule is CCOc1ccc(Oc2ccccc2NC(=O)C2CCOCC2)cc1. The molecule has 0 spiro atoms. The van der Waals surface area contributed by atoms with Crippen LogP contribution in [0.5, 0.6) is 17.2 Å². The summed E-state index contributed by atoms with van der Waals surface area (Å²) in [7, 11) is 0. The molecular weight excluding hydrogens is 318 g/mol. The van der Waals surface area contributed by atoms with E-state index in [1.165, 1.54) is 0 Å². The fourth-order valence-corrected chi connectivity index (χ4v) is 2.75. The van der Waals surface area contributed by atoms with Crippen LogP contribution in [0.1, 0.15) is 19.8 Å². The molecule has 1 saturated heterocycles. The molecule has 0 aliphatic carbocycles. The molecule has 5 nitrogen and oxygen atoms in total. The minimum Gasteiger partial charge on any atom is -0.494 e. The lowest BCUT2D eigenvalue weighted by Crippen LogP contribution is -2.28. The summed E-state index contributed by atoms with van der Waals surface area (Å²) in [6.45, 7) is 3.86. The number of hydrogen-bond acceptors (Lipinski definition) is 4. The van der Waals surface area contributed by atoms with Crippen molar-refractivity contribution in [2.45, 2.75) is 19.8 Å². The van der Waals surface area contributed by atoms with Crippen LogP contribution in [0.25, 0.3) is 0 Å². The van der Waals surface area contributed by atoms with Crippen LogP contribution in [0.2, 0.25) is 0 Å². The number of para-hydroxylation sites is 2. The molecule has 3 rings (SSSR count). The lowest BCUT2D eigenvalue weighted by atomic mass is 9.99. The lowest BCUT2D eigenvalue weighted by molar-refractivity contribution is -0.122. The molecule has 1 aliphatic rings. The molecule has 0 atom stereocenters. The number of carbonyl (C=O) groups excluding carboxylic acids is 1. The van der Waals surface area contributed by atoms with E-state index in [4.69, 9.17) is 14.2 Å². The zero-order valence-corrected chi connectivity index (χ0v) is 14.4. The van der Waals surface area contributed by atoms with E-state index < -0.39 is 0 Å². The minimum absolute atomic E-state index is 0.00715. The summed E-state index contributed by atoms with van der Waals surface area (Å²) in [5.41, 5.74) is 0.674. The summed E-state index contributed by atoms with van der Waals surface area (Å²) in [5, 5.41) is 2.99. The molecule has 0 aromatic heterocycles. The highest BCUT2D eigenvalue weighted by Gasteiger charge is 2.22. The third-order valence-electron chi connectivity index (χ3n) is 4.10. The maximum atomic E-state index is 12.4. The Hall–Kier alpha value is -2.53. The van der Waals surface area contributed by atoms with Gasteiger partial charge in [-0.15, -0.1) is 0 Å². The van der Waals surface area contributed by atoms with Gasteiger partial charge >= 0.3 is 0 Å². The molecular formula is C20H23NO4. The van der Waals surface area contributed by atoms with Gasteiger partial charge in [-0.2, -0.15) is 0 Å². The zero-order chi connectivity index (χ0) is 17.5. The van der Waals surface area contributed by atoms with Gasteiger partial charge in [-0.3, -0.25) is 4.79 Å². The van der Waals surface area contributed by atoms with Crippen LogP contribution in [0.4, 0.5) is 5.69 Å². The second-order valence-corrected chi connectivity index (χ2v) is 5.88. The normalized spacial score (nSPS) is 14.8. The topological polar surface area (TPSA) is 56.8 Å². The van der Waals surface area contributed by atoms with Crippen LogP contribution in [-0.2, 0) is 9.53 Å². The minimum atomic E-state index is -0.00715. The summed E-state index contributed by atoms with van der Waals surface area (Å²) in [6, 6.07) is 14.9.